The summed E-state index contributed by atoms with van der Waals surface area (Å²) in [4.78, 5) is 9.80. The molecule has 210 valence electrons. The van der Waals surface area contributed by atoms with Crippen LogP contribution in [0.2, 0.25) is 0 Å². The third kappa shape index (κ3) is 2.98. The summed E-state index contributed by atoms with van der Waals surface area (Å²) in [5.74, 6) is 1.53. The van der Waals surface area contributed by atoms with Gasteiger partial charge in [-0.15, -0.1) is 0 Å². The van der Waals surface area contributed by atoms with E-state index in [0.717, 1.165) is 18.8 Å². The van der Waals surface area contributed by atoms with E-state index < -0.39 is 0 Å². The molecule has 2 atom stereocenters. The Hall–Kier alpha value is -5.22. The van der Waals surface area contributed by atoms with E-state index >= 15 is 0 Å². The minimum Gasteiger partial charge on any atom is -0.312 e. The van der Waals surface area contributed by atoms with Crippen LogP contribution in [0.3, 0.4) is 0 Å². The molecule has 0 bridgehead atoms. The zero-order valence-electron chi connectivity index (χ0n) is 24.8. The first-order valence-electron chi connectivity index (χ1n) is 15.7. The molecular weight excluding hydrogens is 536 g/mol. The Morgan fingerprint density at radius 2 is 1.48 bits per heavy atom. The van der Waals surface area contributed by atoms with Gasteiger partial charge in [-0.1, -0.05) is 92.7 Å². The molecule has 0 aliphatic heterocycles. The Morgan fingerprint density at radius 3 is 2.34 bits per heavy atom. The van der Waals surface area contributed by atoms with Crippen molar-refractivity contribution in [3.8, 4) is 17.1 Å². The molecular formula is C40H30N4. The van der Waals surface area contributed by atoms with Crippen molar-refractivity contribution in [2.24, 2.45) is 5.92 Å². The first kappa shape index (κ1) is 24.2. The molecule has 10 rings (SSSR count). The first-order chi connectivity index (χ1) is 21.7. The van der Waals surface area contributed by atoms with Crippen LogP contribution < -0.4 is 0 Å². The normalized spacial score (nSPS) is 18.7. The van der Waals surface area contributed by atoms with Crippen molar-refractivity contribution in [2.45, 2.75) is 32.6 Å². The number of benzene rings is 4. The van der Waals surface area contributed by atoms with Crippen LogP contribution in [-0.2, 0) is 0 Å². The number of para-hydroxylation sites is 1. The predicted molar refractivity (Wildman–Crippen MR) is 182 cm³/mol. The molecule has 3 aliphatic carbocycles. The lowest BCUT2D eigenvalue weighted by molar-refractivity contribution is 0.710. The average Bonchev–Trinajstić information content (AvgIpc) is 3.56. The van der Waals surface area contributed by atoms with Crippen molar-refractivity contribution in [1.82, 2.24) is 19.1 Å². The lowest BCUT2D eigenvalue weighted by atomic mass is 9.84. The second-order valence-electron chi connectivity index (χ2n) is 12.7. The molecule has 2 unspecified atom stereocenters. The molecule has 0 saturated carbocycles. The van der Waals surface area contributed by atoms with Gasteiger partial charge >= 0.3 is 0 Å². The van der Waals surface area contributed by atoms with E-state index in [4.69, 9.17) is 9.97 Å². The summed E-state index contributed by atoms with van der Waals surface area (Å²) in [6.45, 7) is 4.67. The molecule has 0 N–H and O–H groups in total. The van der Waals surface area contributed by atoms with E-state index in [1.807, 2.05) is 18.5 Å². The maximum absolute atomic E-state index is 4.90. The summed E-state index contributed by atoms with van der Waals surface area (Å²) < 4.78 is 4.98. The van der Waals surface area contributed by atoms with Gasteiger partial charge in [0.2, 0.25) is 5.95 Å². The van der Waals surface area contributed by atoms with Gasteiger partial charge in [0.15, 0.2) is 0 Å². The lowest BCUT2D eigenvalue weighted by Gasteiger charge is -2.23. The minimum absolute atomic E-state index is 0.313. The van der Waals surface area contributed by atoms with Gasteiger partial charge in [-0.2, -0.15) is 0 Å². The molecule has 3 aromatic heterocycles. The van der Waals surface area contributed by atoms with E-state index in [2.05, 4.69) is 114 Å². The van der Waals surface area contributed by atoms with Gasteiger partial charge in [-0.3, -0.25) is 4.57 Å². The Bertz CT molecular complexity index is 2470. The van der Waals surface area contributed by atoms with Crippen molar-refractivity contribution >= 4 is 54.8 Å². The van der Waals surface area contributed by atoms with Gasteiger partial charge in [0.05, 0.1) is 16.6 Å². The van der Waals surface area contributed by atoms with Gasteiger partial charge in [0, 0.05) is 62.2 Å². The summed E-state index contributed by atoms with van der Waals surface area (Å²) >= 11 is 0. The Kier molecular flexibility index (Phi) is 4.78. The number of nitrogens with zero attached hydrogens (tertiary/aromatic N) is 4. The van der Waals surface area contributed by atoms with E-state index in [9.17, 15) is 0 Å². The highest BCUT2D eigenvalue weighted by Crippen LogP contribution is 2.55. The molecule has 3 heterocycles. The average molecular weight is 567 g/mol. The molecule has 3 aliphatic rings. The van der Waals surface area contributed by atoms with E-state index in [1.165, 1.54) is 82.7 Å². The van der Waals surface area contributed by atoms with Crippen molar-refractivity contribution in [2.75, 3.05) is 0 Å². The predicted octanol–water partition coefficient (Wildman–Crippen LogP) is 10.0. The number of allylic oxidation sites excluding steroid dienone is 5. The molecule has 0 amide bonds. The number of fused-ring (bicyclic) bond motifs is 8. The molecule has 44 heavy (non-hydrogen) atoms. The standard InChI is InChI=1S/C40H30N4/c1-23-10-7-11-25(22-23)43-32-17-6-5-14-30(32)35-38(43)31-16-8-15-28-26-12-3-4-13-27(26)29-19-18-24(2)37-34(29)36(33(28)31)39(35)44(37)40-41-20-9-21-42-40/h3-17,19-21,23-24H,18,22H2,1-2H3. The fourth-order valence-electron chi connectivity index (χ4n) is 8.39. The highest BCUT2D eigenvalue weighted by molar-refractivity contribution is 6.36. The summed E-state index contributed by atoms with van der Waals surface area (Å²) in [6, 6.07) is 26.8. The van der Waals surface area contributed by atoms with Crippen molar-refractivity contribution in [3.63, 3.8) is 0 Å². The third-order valence-electron chi connectivity index (χ3n) is 10.1. The zero-order chi connectivity index (χ0) is 29.1. The summed E-state index contributed by atoms with van der Waals surface area (Å²) in [5, 5.41) is 6.50. The fraction of sp³-hybridized carbons (Fsp3) is 0.150. The van der Waals surface area contributed by atoms with E-state index in [0.29, 0.717) is 11.8 Å². The molecule has 0 saturated heterocycles. The van der Waals surface area contributed by atoms with Gasteiger partial charge in [-0.05, 0) is 59.2 Å². The molecule has 4 nitrogen and oxygen atoms in total. The number of rotatable bonds is 2. The van der Waals surface area contributed by atoms with Crippen LogP contribution in [0.5, 0.6) is 0 Å². The fourth-order valence-corrected chi connectivity index (χ4v) is 8.39. The Morgan fingerprint density at radius 1 is 0.705 bits per heavy atom. The quantitative estimate of drug-likeness (QED) is 0.209. The lowest BCUT2D eigenvalue weighted by Crippen LogP contribution is -2.11. The maximum Gasteiger partial charge on any atom is 0.234 e. The van der Waals surface area contributed by atoms with Crippen molar-refractivity contribution in [3.05, 3.63) is 126 Å². The molecule has 7 aromatic rings. The Balaban J connectivity index is 1.56. The Labute approximate surface area is 255 Å². The third-order valence-corrected chi connectivity index (χ3v) is 10.1. The van der Waals surface area contributed by atoms with Crippen LogP contribution in [0.1, 0.15) is 49.4 Å². The van der Waals surface area contributed by atoms with E-state index in [1.54, 1.807) is 0 Å². The van der Waals surface area contributed by atoms with Crippen LogP contribution in [0.15, 0.2) is 109 Å². The summed E-state index contributed by atoms with van der Waals surface area (Å²) in [6.07, 6.45) is 15.1. The zero-order valence-corrected chi connectivity index (χ0v) is 24.8. The number of hydrogen-bond acceptors (Lipinski definition) is 2. The van der Waals surface area contributed by atoms with Gasteiger partial charge in [0.25, 0.3) is 0 Å². The van der Waals surface area contributed by atoms with Crippen LogP contribution in [0.25, 0.3) is 71.8 Å². The number of hydrogen-bond donors (Lipinski definition) is 0. The minimum atomic E-state index is 0.313. The van der Waals surface area contributed by atoms with Gasteiger partial charge in [-0.25, -0.2) is 9.97 Å². The van der Waals surface area contributed by atoms with Crippen LogP contribution >= 0.6 is 0 Å². The summed E-state index contributed by atoms with van der Waals surface area (Å²) in [5.41, 5.74) is 13.0. The smallest absolute Gasteiger partial charge is 0.234 e. The molecule has 0 spiro atoms. The van der Waals surface area contributed by atoms with Crippen molar-refractivity contribution in [1.29, 1.82) is 0 Å². The largest absolute Gasteiger partial charge is 0.312 e. The monoisotopic (exact) mass is 566 g/mol. The summed E-state index contributed by atoms with van der Waals surface area (Å²) in [7, 11) is 0. The second-order valence-corrected chi connectivity index (χ2v) is 12.7. The SMILES string of the molecule is CC1C=CC=C(n2c3ccccc3c3c4c5c6c(n4-c4ncccn4)C(C)CC=C6c4ccccc4-c4cccc(c45)c32)C1. The molecule has 0 radical (unpaired) electrons. The van der Waals surface area contributed by atoms with Gasteiger partial charge < -0.3 is 4.57 Å². The maximum atomic E-state index is 4.90. The highest BCUT2D eigenvalue weighted by atomic mass is 15.2. The van der Waals surface area contributed by atoms with Gasteiger partial charge in [0.1, 0.15) is 0 Å². The molecule has 0 fully saturated rings. The highest BCUT2D eigenvalue weighted by Gasteiger charge is 2.36. The van der Waals surface area contributed by atoms with Crippen LogP contribution in [-0.4, -0.2) is 19.1 Å². The van der Waals surface area contributed by atoms with Crippen molar-refractivity contribution < 1.29 is 0 Å². The second kappa shape index (κ2) is 8.67. The molecule has 4 heteroatoms. The van der Waals surface area contributed by atoms with Crippen LogP contribution in [0, 0.1) is 5.92 Å². The topological polar surface area (TPSA) is 35.6 Å². The number of aromatic nitrogens is 4. The molecule has 4 aromatic carbocycles. The van der Waals surface area contributed by atoms with E-state index in [-0.39, 0.29) is 0 Å². The first-order valence-corrected chi connectivity index (χ1v) is 15.7. The van der Waals surface area contributed by atoms with Crippen LogP contribution in [0.4, 0.5) is 0 Å².